The summed E-state index contributed by atoms with van der Waals surface area (Å²) in [6.07, 6.45) is -0.733. The number of carbonyl (C=O) groups is 4. The number of nitrogens with zero attached hydrogens (tertiary/aromatic N) is 1. The van der Waals surface area contributed by atoms with Crippen molar-refractivity contribution in [2.45, 2.75) is 38.9 Å². The molecule has 2 atom stereocenters. The Kier molecular flexibility index (Phi) is 9.49. The fourth-order valence-corrected chi connectivity index (χ4v) is 4.37. The van der Waals surface area contributed by atoms with Gasteiger partial charge >= 0.3 is 17.9 Å². The van der Waals surface area contributed by atoms with Gasteiger partial charge in [-0.1, -0.05) is 13.8 Å². The fourth-order valence-electron chi connectivity index (χ4n) is 3.42. The van der Waals surface area contributed by atoms with Crippen molar-refractivity contribution in [1.29, 1.82) is 5.41 Å². The summed E-state index contributed by atoms with van der Waals surface area (Å²) in [4.78, 5) is 50.4. The lowest BCUT2D eigenvalue weighted by Gasteiger charge is -2.30. The van der Waals surface area contributed by atoms with Crippen LogP contribution in [-0.4, -0.2) is 63.9 Å². The van der Waals surface area contributed by atoms with Gasteiger partial charge in [0.2, 0.25) is 5.91 Å². The molecular formula is C23H28N4O7S. The Morgan fingerprint density at radius 2 is 1.74 bits per heavy atom. The molecule has 11 nitrogen and oxygen atoms in total. The Morgan fingerprint density at radius 1 is 1.11 bits per heavy atom. The highest BCUT2D eigenvalue weighted by Crippen LogP contribution is 2.23. The van der Waals surface area contributed by atoms with Crippen LogP contribution in [0.5, 0.6) is 5.75 Å². The van der Waals surface area contributed by atoms with E-state index in [1.807, 2.05) is 0 Å². The quantitative estimate of drug-likeness (QED) is 0.124. The monoisotopic (exact) mass is 504 g/mol. The number of carboxylic acids is 2. The molecule has 0 bridgehead atoms. The molecule has 35 heavy (non-hydrogen) atoms. The zero-order chi connectivity index (χ0) is 26.3. The van der Waals surface area contributed by atoms with Crippen LogP contribution in [0.15, 0.2) is 36.4 Å². The Bertz CT molecular complexity index is 1100. The molecule has 0 aliphatic carbocycles. The molecule has 0 aliphatic heterocycles. The predicted octanol–water partition coefficient (Wildman–Crippen LogP) is 1.75. The number of nitrogen functional groups attached to an aromatic ring is 1. The summed E-state index contributed by atoms with van der Waals surface area (Å²) in [6.45, 7) is 3.88. The number of hydrogen-bond donors (Lipinski definition) is 5. The van der Waals surface area contributed by atoms with Crippen LogP contribution in [0, 0.1) is 11.3 Å². The highest BCUT2D eigenvalue weighted by molar-refractivity contribution is 7.13. The van der Waals surface area contributed by atoms with Gasteiger partial charge in [-0.3, -0.25) is 19.9 Å². The van der Waals surface area contributed by atoms with Gasteiger partial charge in [-0.25, -0.2) is 9.59 Å². The summed E-state index contributed by atoms with van der Waals surface area (Å²) in [5, 5.41) is 27.8. The average Bonchev–Trinajstić information content (AvgIpc) is 3.21. The molecule has 0 aliphatic rings. The second-order valence-electron chi connectivity index (χ2n) is 8.19. The molecule has 1 heterocycles. The van der Waals surface area contributed by atoms with Crippen LogP contribution >= 0.6 is 11.3 Å². The van der Waals surface area contributed by atoms with Crippen LogP contribution in [0.2, 0.25) is 0 Å². The molecule has 0 spiro atoms. The predicted molar refractivity (Wildman–Crippen MR) is 129 cm³/mol. The van der Waals surface area contributed by atoms with Gasteiger partial charge in [-0.2, -0.15) is 0 Å². The lowest BCUT2D eigenvalue weighted by molar-refractivity contribution is -0.148. The van der Waals surface area contributed by atoms with Crippen LogP contribution in [0.4, 0.5) is 0 Å². The molecule has 1 aromatic heterocycles. The summed E-state index contributed by atoms with van der Waals surface area (Å²) < 4.78 is 5.35. The second kappa shape index (κ2) is 12.1. The van der Waals surface area contributed by atoms with Crippen LogP contribution in [0.25, 0.3) is 0 Å². The molecule has 1 amide bonds. The van der Waals surface area contributed by atoms with E-state index in [9.17, 15) is 24.3 Å². The fraction of sp³-hybridized carbons (Fsp3) is 0.348. The number of hydrogen-bond acceptors (Lipinski definition) is 8. The van der Waals surface area contributed by atoms with Crippen molar-refractivity contribution in [3.63, 3.8) is 0 Å². The first-order valence-corrected chi connectivity index (χ1v) is 11.4. The summed E-state index contributed by atoms with van der Waals surface area (Å²) in [5.41, 5.74) is 5.92. The molecule has 0 saturated carbocycles. The zero-order valence-corrected chi connectivity index (χ0v) is 20.3. The molecule has 12 heteroatoms. The van der Waals surface area contributed by atoms with Crippen molar-refractivity contribution in [1.82, 2.24) is 10.2 Å². The number of benzene rings is 1. The van der Waals surface area contributed by atoms with Gasteiger partial charge in [0.15, 0.2) is 0 Å². The molecule has 0 saturated heterocycles. The van der Waals surface area contributed by atoms with E-state index in [2.05, 4.69) is 5.32 Å². The lowest BCUT2D eigenvalue weighted by atomic mass is 10.0. The Labute approximate surface area is 206 Å². The summed E-state index contributed by atoms with van der Waals surface area (Å²) in [6, 6.07) is 7.29. The number of carbonyl (C=O) groups excluding carboxylic acids is 2. The van der Waals surface area contributed by atoms with E-state index >= 15 is 0 Å². The van der Waals surface area contributed by atoms with E-state index in [1.165, 1.54) is 23.5 Å². The maximum Gasteiger partial charge on any atom is 0.353 e. The topological polar surface area (TPSA) is 183 Å². The summed E-state index contributed by atoms with van der Waals surface area (Å²) in [7, 11) is 1.69. The summed E-state index contributed by atoms with van der Waals surface area (Å²) in [5.74, 6) is -3.91. The van der Waals surface area contributed by atoms with E-state index in [4.69, 9.17) is 21.0 Å². The van der Waals surface area contributed by atoms with Crippen molar-refractivity contribution < 1.29 is 34.1 Å². The second-order valence-corrected chi connectivity index (χ2v) is 9.36. The molecule has 1 aromatic carbocycles. The number of carboxylic acid groups (broad SMARTS) is 2. The van der Waals surface area contributed by atoms with Gasteiger partial charge in [0.1, 0.15) is 22.5 Å². The van der Waals surface area contributed by atoms with Crippen LogP contribution in [-0.2, 0) is 20.9 Å². The van der Waals surface area contributed by atoms with Crippen molar-refractivity contribution in [3.8, 4) is 5.75 Å². The minimum Gasteiger partial charge on any atom is -0.481 e. The standard InChI is InChI=1S/C23H28N4O7S/c1-12(2)19(21(30)26-16(22(31)32)10-18(28)29)27(3)11-15-8-9-17(35-15)23(33)34-14-6-4-13(5-7-14)20(24)25/h4-9,12,16,19H,10-11H2,1-3H3,(H3,24,25)(H,26,30)(H,28,29)(H,31,32)/t16-,19-/m0/s1. The number of nitrogens with two attached hydrogens (primary N) is 1. The van der Waals surface area contributed by atoms with Crippen LogP contribution in [0.3, 0.4) is 0 Å². The van der Waals surface area contributed by atoms with E-state index in [0.717, 1.165) is 4.88 Å². The minimum atomic E-state index is -1.54. The van der Waals surface area contributed by atoms with Crippen molar-refractivity contribution in [3.05, 3.63) is 51.7 Å². The maximum absolute atomic E-state index is 12.8. The Morgan fingerprint density at radius 3 is 2.26 bits per heavy atom. The van der Waals surface area contributed by atoms with Crippen LogP contribution in [0.1, 0.15) is 40.4 Å². The molecule has 2 rings (SSSR count). The number of aliphatic carboxylic acids is 2. The first-order valence-electron chi connectivity index (χ1n) is 10.6. The average molecular weight is 505 g/mol. The molecule has 188 valence electrons. The van der Waals surface area contributed by atoms with Gasteiger partial charge in [0, 0.05) is 17.0 Å². The van der Waals surface area contributed by atoms with Gasteiger partial charge in [-0.15, -0.1) is 11.3 Å². The van der Waals surface area contributed by atoms with E-state index in [0.29, 0.717) is 16.2 Å². The number of amidine groups is 1. The minimum absolute atomic E-state index is 0.0938. The zero-order valence-electron chi connectivity index (χ0n) is 19.5. The third kappa shape index (κ3) is 7.90. The number of amides is 1. The van der Waals surface area contributed by atoms with E-state index in [1.54, 1.807) is 50.1 Å². The van der Waals surface area contributed by atoms with Crippen molar-refractivity contribution in [2.24, 2.45) is 11.7 Å². The van der Waals surface area contributed by atoms with E-state index in [-0.39, 0.29) is 18.3 Å². The number of ether oxygens (including phenoxy) is 1. The molecule has 0 fully saturated rings. The molecular weight excluding hydrogens is 476 g/mol. The van der Waals surface area contributed by atoms with Gasteiger partial charge in [0.25, 0.3) is 0 Å². The SMILES string of the molecule is CC(C)[C@@H](C(=O)N[C@@H](CC(=O)O)C(=O)O)N(C)Cc1ccc(C(=O)Oc2ccc(C(=N)N)cc2)s1. The molecule has 0 unspecified atom stereocenters. The number of esters is 1. The van der Waals surface area contributed by atoms with Gasteiger partial charge in [-0.05, 0) is 49.4 Å². The number of likely N-dealkylation sites (N-methyl/N-ethyl adjacent to an activating group) is 1. The largest absolute Gasteiger partial charge is 0.481 e. The molecule has 0 radical (unpaired) electrons. The number of thiophene rings is 1. The highest BCUT2D eigenvalue weighted by Gasteiger charge is 2.31. The number of rotatable bonds is 12. The molecule has 6 N–H and O–H groups in total. The molecule has 2 aromatic rings. The number of nitrogens with one attached hydrogen (secondary N) is 2. The maximum atomic E-state index is 12.8. The van der Waals surface area contributed by atoms with Gasteiger partial charge < -0.3 is 26.0 Å². The summed E-state index contributed by atoms with van der Waals surface area (Å²) >= 11 is 1.19. The first-order chi connectivity index (χ1) is 16.4. The third-order valence-corrected chi connectivity index (χ3v) is 6.06. The Balaban J connectivity index is 2.05. The van der Waals surface area contributed by atoms with Crippen LogP contribution < -0.4 is 15.8 Å². The van der Waals surface area contributed by atoms with Gasteiger partial charge in [0.05, 0.1) is 12.5 Å². The first kappa shape index (κ1) is 27.5. The normalized spacial score (nSPS) is 12.7. The lowest BCUT2D eigenvalue weighted by Crippen LogP contribution is -2.53. The smallest absolute Gasteiger partial charge is 0.353 e. The van der Waals surface area contributed by atoms with Crippen molar-refractivity contribution in [2.75, 3.05) is 7.05 Å². The van der Waals surface area contributed by atoms with Crippen molar-refractivity contribution >= 4 is 41.0 Å². The Hall–Kier alpha value is -3.77. The highest BCUT2D eigenvalue weighted by atomic mass is 32.1. The van der Waals surface area contributed by atoms with E-state index < -0.39 is 42.3 Å². The third-order valence-electron chi connectivity index (χ3n) is 5.01.